The predicted molar refractivity (Wildman–Crippen MR) is 123 cm³/mol. The van der Waals surface area contributed by atoms with Gasteiger partial charge in [0.25, 0.3) is 0 Å². The van der Waals surface area contributed by atoms with Crippen LogP contribution >= 0.6 is 15.9 Å². The van der Waals surface area contributed by atoms with E-state index in [2.05, 4.69) is 91.1 Å². The maximum Gasteiger partial charge on any atom is 0.224 e. The highest BCUT2D eigenvalue weighted by molar-refractivity contribution is 9.10. The summed E-state index contributed by atoms with van der Waals surface area (Å²) in [7, 11) is 0. The number of hydrogen-bond donors (Lipinski definition) is 1. The molecule has 0 aliphatic carbocycles. The van der Waals surface area contributed by atoms with E-state index < -0.39 is 0 Å². The van der Waals surface area contributed by atoms with Crippen molar-refractivity contribution in [3.05, 3.63) is 51.5 Å². The minimum absolute atomic E-state index is 0.0180. The lowest BCUT2D eigenvalue weighted by atomic mass is 9.92. The van der Waals surface area contributed by atoms with Crippen molar-refractivity contribution in [2.75, 3.05) is 16.8 Å². The zero-order valence-electron chi connectivity index (χ0n) is 17.7. The third kappa shape index (κ3) is 4.96. The quantitative estimate of drug-likeness (QED) is 0.559. The van der Waals surface area contributed by atoms with Crippen LogP contribution in [0.4, 0.5) is 17.1 Å². The lowest BCUT2D eigenvalue weighted by molar-refractivity contribution is -0.117. The monoisotopic (exact) mass is 442 g/mol. The molecule has 1 N–H and O–H groups in total. The van der Waals surface area contributed by atoms with E-state index in [1.54, 1.807) is 0 Å². The summed E-state index contributed by atoms with van der Waals surface area (Å²) in [4.78, 5) is 14.9. The number of aryl methyl sites for hydroxylation is 3. The van der Waals surface area contributed by atoms with Crippen molar-refractivity contribution >= 4 is 38.9 Å². The van der Waals surface area contributed by atoms with E-state index >= 15 is 0 Å². The standard InChI is InChI=1S/C24H31BrN2O/c1-16-12-20(13-17(2)23(16)26-22(28)15-24(3,4)5)27-11-7-6-8-18-14-19(25)9-10-21(18)27/h9-10,12-14H,6-8,11,15H2,1-5H3,(H,26,28). The maximum atomic E-state index is 12.4. The number of fused-ring (bicyclic) bond motifs is 1. The van der Waals surface area contributed by atoms with Gasteiger partial charge in [-0.3, -0.25) is 4.79 Å². The summed E-state index contributed by atoms with van der Waals surface area (Å²) >= 11 is 3.61. The number of carbonyl (C=O) groups excluding carboxylic acids is 1. The molecule has 0 aromatic heterocycles. The van der Waals surface area contributed by atoms with Crippen LogP contribution in [0.1, 0.15) is 56.7 Å². The molecule has 0 bridgehead atoms. The molecule has 1 amide bonds. The Balaban J connectivity index is 1.92. The smallest absolute Gasteiger partial charge is 0.224 e. The zero-order chi connectivity index (χ0) is 20.5. The normalized spacial score (nSPS) is 14.4. The van der Waals surface area contributed by atoms with Gasteiger partial charge >= 0.3 is 0 Å². The van der Waals surface area contributed by atoms with Crippen molar-refractivity contribution in [1.29, 1.82) is 0 Å². The number of anilines is 3. The van der Waals surface area contributed by atoms with Crippen LogP contribution in [0.15, 0.2) is 34.8 Å². The first-order chi connectivity index (χ1) is 13.1. The predicted octanol–water partition coefficient (Wildman–Crippen LogP) is 6.92. The molecule has 2 aromatic carbocycles. The van der Waals surface area contributed by atoms with Crippen LogP contribution in [0.3, 0.4) is 0 Å². The van der Waals surface area contributed by atoms with Gasteiger partial charge in [-0.2, -0.15) is 0 Å². The third-order valence-electron chi connectivity index (χ3n) is 5.19. The zero-order valence-corrected chi connectivity index (χ0v) is 19.2. The van der Waals surface area contributed by atoms with E-state index in [1.807, 2.05) is 0 Å². The molecule has 1 aliphatic heterocycles. The van der Waals surface area contributed by atoms with E-state index in [0.29, 0.717) is 6.42 Å². The molecule has 4 heteroatoms. The van der Waals surface area contributed by atoms with Crippen molar-refractivity contribution in [3.63, 3.8) is 0 Å². The molecule has 3 nitrogen and oxygen atoms in total. The second kappa shape index (κ2) is 8.28. The fraction of sp³-hybridized carbons (Fsp3) is 0.458. The fourth-order valence-electron chi connectivity index (χ4n) is 3.95. The van der Waals surface area contributed by atoms with Gasteiger partial charge in [-0.1, -0.05) is 36.7 Å². The van der Waals surface area contributed by atoms with Crippen LogP contribution in [0.5, 0.6) is 0 Å². The second-order valence-electron chi connectivity index (χ2n) is 9.12. The Bertz CT molecular complexity index is 860. The van der Waals surface area contributed by atoms with E-state index in [1.165, 1.54) is 29.8 Å². The first-order valence-electron chi connectivity index (χ1n) is 10.1. The summed E-state index contributed by atoms with van der Waals surface area (Å²) in [5.41, 5.74) is 7.04. The minimum atomic E-state index is -0.0180. The van der Waals surface area contributed by atoms with Gasteiger partial charge in [0.1, 0.15) is 0 Å². The number of carbonyl (C=O) groups is 1. The Morgan fingerprint density at radius 2 is 1.79 bits per heavy atom. The Hall–Kier alpha value is -1.81. The van der Waals surface area contributed by atoms with Crippen LogP contribution in [0, 0.1) is 19.3 Å². The highest BCUT2D eigenvalue weighted by Gasteiger charge is 2.20. The van der Waals surface area contributed by atoms with Gasteiger partial charge in [0.15, 0.2) is 0 Å². The summed E-state index contributed by atoms with van der Waals surface area (Å²) in [5.74, 6) is 0.0800. The molecule has 0 spiro atoms. The van der Waals surface area contributed by atoms with E-state index in [-0.39, 0.29) is 11.3 Å². The molecule has 28 heavy (non-hydrogen) atoms. The number of amides is 1. The molecule has 0 fully saturated rings. The molecular weight excluding hydrogens is 412 g/mol. The first kappa shape index (κ1) is 20.9. The molecule has 0 saturated heterocycles. The molecule has 150 valence electrons. The number of rotatable bonds is 3. The van der Waals surface area contributed by atoms with Gasteiger partial charge in [0, 0.05) is 34.5 Å². The van der Waals surface area contributed by atoms with Gasteiger partial charge in [-0.05, 0) is 85.5 Å². The molecule has 3 rings (SSSR count). The van der Waals surface area contributed by atoms with Gasteiger partial charge in [-0.15, -0.1) is 0 Å². The van der Waals surface area contributed by atoms with E-state index in [4.69, 9.17) is 0 Å². The van der Waals surface area contributed by atoms with Crippen LogP contribution in [-0.4, -0.2) is 12.5 Å². The highest BCUT2D eigenvalue weighted by atomic mass is 79.9. The lowest BCUT2D eigenvalue weighted by Gasteiger charge is -2.27. The third-order valence-corrected chi connectivity index (χ3v) is 5.69. The van der Waals surface area contributed by atoms with Gasteiger partial charge in [-0.25, -0.2) is 0 Å². The Morgan fingerprint density at radius 1 is 1.11 bits per heavy atom. The fourth-order valence-corrected chi connectivity index (χ4v) is 4.36. The molecule has 1 heterocycles. The molecule has 0 atom stereocenters. The number of nitrogens with zero attached hydrogens (tertiary/aromatic N) is 1. The molecule has 1 aliphatic rings. The van der Waals surface area contributed by atoms with Crippen LogP contribution in [0.25, 0.3) is 0 Å². The minimum Gasteiger partial charge on any atom is -0.341 e. The maximum absolute atomic E-state index is 12.4. The highest BCUT2D eigenvalue weighted by Crippen LogP contribution is 2.37. The number of halogens is 1. The average Bonchev–Trinajstić information content (AvgIpc) is 2.78. The summed E-state index contributed by atoms with van der Waals surface area (Å²) < 4.78 is 1.14. The topological polar surface area (TPSA) is 32.3 Å². The average molecular weight is 443 g/mol. The van der Waals surface area contributed by atoms with Gasteiger partial charge in [0.05, 0.1) is 0 Å². The van der Waals surface area contributed by atoms with Crippen molar-refractivity contribution < 1.29 is 4.79 Å². The van der Waals surface area contributed by atoms with Crippen molar-refractivity contribution in [2.45, 2.75) is 60.3 Å². The second-order valence-corrected chi connectivity index (χ2v) is 10.0. The Kier molecular flexibility index (Phi) is 6.18. The van der Waals surface area contributed by atoms with Gasteiger partial charge < -0.3 is 10.2 Å². The number of nitrogens with one attached hydrogen (secondary N) is 1. The van der Waals surface area contributed by atoms with E-state index in [9.17, 15) is 4.79 Å². The lowest BCUT2D eigenvalue weighted by Crippen LogP contribution is -2.21. The summed E-state index contributed by atoms with van der Waals surface area (Å²) in [6.45, 7) is 11.5. The molecular formula is C24H31BrN2O. The van der Waals surface area contributed by atoms with Gasteiger partial charge in [0.2, 0.25) is 5.91 Å². The Morgan fingerprint density at radius 3 is 2.43 bits per heavy atom. The summed E-state index contributed by atoms with van der Waals surface area (Å²) in [5, 5.41) is 3.14. The van der Waals surface area contributed by atoms with Crippen LogP contribution < -0.4 is 10.2 Å². The van der Waals surface area contributed by atoms with Crippen LogP contribution in [-0.2, 0) is 11.2 Å². The number of benzene rings is 2. The number of hydrogen-bond acceptors (Lipinski definition) is 2. The van der Waals surface area contributed by atoms with Crippen molar-refractivity contribution in [2.24, 2.45) is 5.41 Å². The first-order valence-corrected chi connectivity index (χ1v) is 10.9. The Labute approximate surface area is 177 Å². The SMILES string of the molecule is Cc1cc(N2CCCCc3cc(Br)ccc32)cc(C)c1NC(=O)CC(C)(C)C. The summed E-state index contributed by atoms with van der Waals surface area (Å²) in [6, 6.07) is 11.0. The molecule has 0 radical (unpaired) electrons. The summed E-state index contributed by atoms with van der Waals surface area (Å²) in [6.07, 6.45) is 4.01. The van der Waals surface area contributed by atoms with Crippen LogP contribution in [0.2, 0.25) is 0 Å². The molecule has 2 aromatic rings. The van der Waals surface area contributed by atoms with E-state index in [0.717, 1.165) is 34.3 Å². The molecule has 0 unspecified atom stereocenters. The largest absolute Gasteiger partial charge is 0.341 e. The van der Waals surface area contributed by atoms with Crippen molar-refractivity contribution in [1.82, 2.24) is 0 Å². The molecule has 0 saturated carbocycles. The van der Waals surface area contributed by atoms with Crippen molar-refractivity contribution in [3.8, 4) is 0 Å².